The van der Waals surface area contributed by atoms with Crippen molar-refractivity contribution in [2.45, 2.75) is 13.0 Å². The highest BCUT2D eigenvalue weighted by Gasteiger charge is 2.32. The number of aromatic nitrogens is 3. The lowest BCUT2D eigenvalue weighted by Crippen LogP contribution is -2.49. The summed E-state index contributed by atoms with van der Waals surface area (Å²) in [7, 11) is 1.63. The summed E-state index contributed by atoms with van der Waals surface area (Å²) in [6.07, 6.45) is 1.14. The molecular formula is C19H23N5O4S. The first-order valence-electron chi connectivity index (χ1n) is 9.43. The number of amides is 1. The van der Waals surface area contributed by atoms with E-state index < -0.39 is 0 Å². The largest absolute Gasteiger partial charge is 0.497 e. The number of rotatable bonds is 5. The zero-order valence-electron chi connectivity index (χ0n) is 16.3. The average Bonchev–Trinajstić information content (AvgIpc) is 3.33. The molecule has 0 bridgehead atoms. The van der Waals surface area contributed by atoms with E-state index in [4.69, 9.17) is 9.47 Å². The minimum absolute atomic E-state index is 0.0936. The van der Waals surface area contributed by atoms with Gasteiger partial charge >= 0.3 is 6.09 Å². The molecule has 1 amide bonds. The molecule has 1 fully saturated rings. The lowest BCUT2D eigenvalue weighted by molar-refractivity contribution is 0.0715. The summed E-state index contributed by atoms with van der Waals surface area (Å²) in [5.74, 6) is 0.864. The second-order valence-electron chi connectivity index (χ2n) is 6.64. The number of ether oxygens (including phenoxy) is 2. The van der Waals surface area contributed by atoms with Crippen molar-refractivity contribution >= 4 is 22.4 Å². The van der Waals surface area contributed by atoms with E-state index in [1.54, 1.807) is 18.9 Å². The molecule has 3 heterocycles. The Balaban J connectivity index is 1.64. The highest BCUT2D eigenvalue weighted by Crippen LogP contribution is 2.40. The van der Waals surface area contributed by atoms with Crippen LogP contribution in [0.5, 0.6) is 11.6 Å². The van der Waals surface area contributed by atoms with E-state index in [1.807, 2.05) is 24.3 Å². The predicted octanol–water partition coefficient (Wildman–Crippen LogP) is 2.37. The summed E-state index contributed by atoms with van der Waals surface area (Å²) in [4.78, 5) is 21.6. The lowest BCUT2D eigenvalue weighted by atomic mass is 10.0. The summed E-state index contributed by atoms with van der Waals surface area (Å²) in [5.41, 5.74) is 1.02. The molecular weight excluding hydrogens is 394 g/mol. The number of piperazine rings is 1. The predicted molar refractivity (Wildman–Crippen MR) is 108 cm³/mol. The van der Waals surface area contributed by atoms with E-state index in [-0.39, 0.29) is 18.0 Å². The summed E-state index contributed by atoms with van der Waals surface area (Å²) in [6.45, 7) is 4.60. The van der Waals surface area contributed by atoms with Crippen molar-refractivity contribution in [2.24, 2.45) is 0 Å². The molecule has 0 radical (unpaired) electrons. The van der Waals surface area contributed by atoms with E-state index in [2.05, 4.69) is 15.0 Å². The van der Waals surface area contributed by atoms with Crippen LogP contribution in [0.3, 0.4) is 0 Å². The number of carbonyl (C=O) groups is 1. The fourth-order valence-corrected chi connectivity index (χ4v) is 4.66. The minimum atomic E-state index is -0.283. The number of carbonyl (C=O) groups excluding carboxylic acids is 1. The van der Waals surface area contributed by atoms with Crippen LogP contribution in [0.2, 0.25) is 0 Å². The Labute approximate surface area is 172 Å². The van der Waals surface area contributed by atoms with Gasteiger partial charge in [0.05, 0.1) is 24.6 Å². The highest BCUT2D eigenvalue weighted by molar-refractivity contribution is 7.17. The molecule has 1 aromatic carbocycles. The van der Waals surface area contributed by atoms with Gasteiger partial charge in [-0.2, -0.15) is 9.61 Å². The van der Waals surface area contributed by atoms with Gasteiger partial charge in [0, 0.05) is 26.2 Å². The van der Waals surface area contributed by atoms with Crippen molar-refractivity contribution in [3.63, 3.8) is 0 Å². The number of benzene rings is 1. The summed E-state index contributed by atoms with van der Waals surface area (Å²) in [6, 6.07) is 7.63. The maximum atomic E-state index is 12.0. The van der Waals surface area contributed by atoms with Gasteiger partial charge in [-0.05, 0) is 24.6 Å². The molecule has 0 spiro atoms. The van der Waals surface area contributed by atoms with Crippen LogP contribution in [0.25, 0.3) is 4.96 Å². The van der Waals surface area contributed by atoms with Crippen LogP contribution in [0.15, 0.2) is 30.6 Å². The van der Waals surface area contributed by atoms with Crippen molar-refractivity contribution in [3.05, 3.63) is 41.0 Å². The van der Waals surface area contributed by atoms with Gasteiger partial charge in [-0.3, -0.25) is 4.90 Å². The van der Waals surface area contributed by atoms with Gasteiger partial charge in [-0.1, -0.05) is 23.5 Å². The van der Waals surface area contributed by atoms with Gasteiger partial charge in [0.25, 0.3) is 0 Å². The zero-order valence-corrected chi connectivity index (χ0v) is 17.1. The molecule has 154 valence electrons. The number of thiazole rings is 1. The zero-order chi connectivity index (χ0) is 20.4. The molecule has 10 heteroatoms. The van der Waals surface area contributed by atoms with E-state index in [1.165, 1.54) is 22.2 Å². The first-order valence-corrected chi connectivity index (χ1v) is 10.2. The number of hydrogen-bond acceptors (Lipinski definition) is 8. The van der Waals surface area contributed by atoms with Crippen LogP contribution in [-0.2, 0) is 4.74 Å². The van der Waals surface area contributed by atoms with Gasteiger partial charge in [0.1, 0.15) is 12.1 Å². The Bertz CT molecular complexity index is 978. The van der Waals surface area contributed by atoms with E-state index in [0.717, 1.165) is 16.2 Å². The Morgan fingerprint density at radius 2 is 1.97 bits per heavy atom. The van der Waals surface area contributed by atoms with E-state index >= 15 is 0 Å². The molecule has 9 nitrogen and oxygen atoms in total. The maximum absolute atomic E-state index is 12.0. The number of methoxy groups -OCH3 is 1. The number of aromatic hydroxyl groups is 1. The van der Waals surface area contributed by atoms with E-state index in [9.17, 15) is 9.90 Å². The van der Waals surface area contributed by atoms with Gasteiger partial charge in [-0.15, -0.1) is 0 Å². The molecule has 1 atom stereocenters. The van der Waals surface area contributed by atoms with Crippen molar-refractivity contribution in [1.29, 1.82) is 0 Å². The van der Waals surface area contributed by atoms with E-state index in [0.29, 0.717) is 37.7 Å². The molecule has 1 aliphatic heterocycles. The Morgan fingerprint density at radius 3 is 2.59 bits per heavy atom. The molecule has 1 N–H and O–H groups in total. The summed E-state index contributed by atoms with van der Waals surface area (Å²) in [5, 5.41) is 14.9. The quantitative estimate of drug-likeness (QED) is 0.681. The average molecular weight is 417 g/mol. The molecule has 0 unspecified atom stereocenters. The standard InChI is InChI=1S/C19H23N5O4S/c1-3-28-19(26)23-10-8-22(9-11-23)15(13-4-6-14(27-2)7-5-13)16-17(25)24-18(29-16)20-12-21-24/h4-7,12,15,25H,3,8-11H2,1-2H3/t15-/m1/s1. The molecule has 4 rings (SSSR count). The molecule has 0 saturated carbocycles. The molecule has 29 heavy (non-hydrogen) atoms. The Morgan fingerprint density at radius 1 is 1.24 bits per heavy atom. The normalized spacial score (nSPS) is 16.1. The third-order valence-electron chi connectivity index (χ3n) is 5.02. The van der Waals surface area contributed by atoms with Crippen LogP contribution >= 0.6 is 11.3 Å². The summed E-state index contributed by atoms with van der Waals surface area (Å²) < 4.78 is 11.8. The van der Waals surface area contributed by atoms with Gasteiger partial charge < -0.3 is 19.5 Å². The first kappa shape index (κ1) is 19.5. The minimum Gasteiger partial charge on any atom is -0.497 e. The molecule has 1 saturated heterocycles. The Hall–Kier alpha value is -2.85. The van der Waals surface area contributed by atoms with Crippen LogP contribution in [-0.4, -0.2) is 75.5 Å². The molecule has 2 aromatic heterocycles. The highest BCUT2D eigenvalue weighted by atomic mass is 32.1. The van der Waals surface area contributed by atoms with Crippen molar-refractivity contribution in [2.75, 3.05) is 39.9 Å². The second kappa shape index (κ2) is 8.26. The lowest BCUT2D eigenvalue weighted by Gasteiger charge is -2.38. The number of nitrogens with zero attached hydrogens (tertiary/aromatic N) is 5. The number of hydrogen-bond donors (Lipinski definition) is 1. The van der Waals surface area contributed by atoms with Crippen LogP contribution < -0.4 is 4.74 Å². The molecule has 1 aliphatic rings. The third-order valence-corrected chi connectivity index (χ3v) is 6.11. The molecule has 3 aromatic rings. The smallest absolute Gasteiger partial charge is 0.409 e. The monoisotopic (exact) mass is 417 g/mol. The second-order valence-corrected chi connectivity index (χ2v) is 7.65. The summed E-state index contributed by atoms with van der Waals surface area (Å²) >= 11 is 1.41. The third kappa shape index (κ3) is 3.73. The van der Waals surface area contributed by atoms with Crippen molar-refractivity contribution < 1.29 is 19.4 Å². The van der Waals surface area contributed by atoms with Gasteiger partial charge in [0.15, 0.2) is 0 Å². The molecule has 0 aliphatic carbocycles. The van der Waals surface area contributed by atoms with Crippen molar-refractivity contribution in [3.8, 4) is 11.6 Å². The SMILES string of the molecule is CCOC(=O)N1CCN([C@H](c2ccc(OC)cc2)c2sc3ncnn3c2O)CC1. The van der Waals surface area contributed by atoms with Gasteiger partial charge in [-0.25, -0.2) is 9.78 Å². The van der Waals surface area contributed by atoms with Crippen LogP contribution in [0.1, 0.15) is 23.4 Å². The van der Waals surface area contributed by atoms with Crippen LogP contribution in [0.4, 0.5) is 4.79 Å². The topological polar surface area (TPSA) is 92.4 Å². The van der Waals surface area contributed by atoms with Crippen LogP contribution in [0, 0.1) is 0 Å². The van der Waals surface area contributed by atoms with Crippen molar-refractivity contribution in [1.82, 2.24) is 24.4 Å². The first-order chi connectivity index (χ1) is 14.1. The maximum Gasteiger partial charge on any atom is 0.409 e. The van der Waals surface area contributed by atoms with Gasteiger partial charge in [0.2, 0.25) is 10.8 Å². The fourth-order valence-electron chi connectivity index (χ4n) is 3.56. The fraction of sp³-hybridized carbons (Fsp3) is 0.421. The Kier molecular flexibility index (Phi) is 5.54. The number of fused-ring (bicyclic) bond motifs is 1.